The predicted octanol–water partition coefficient (Wildman–Crippen LogP) is 4.76. The van der Waals surface area contributed by atoms with Gasteiger partial charge in [-0.3, -0.25) is 4.72 Å². The van der Waals surface area contributed by atoms with Gasteiger partial charge in [0.15, 0.2) is 0 Å². The Labute approximate surface area is 168 Å². The van der Waals surface area contributed by atoms with Crippen LogP contribution in [-0.2, 0) is 14.8 Å². The largest absolute Gasteiger partial charge is 0.495 e. The van der Waals surface area contributed by atoms with E-state index in [0.717, 1.165) is 12.8 Å². The summed E-state index contributed by atoms with van der Waals surface area (Å²) < 4.78 is 37.7. The van der Waals surface area contributed by atoms with Crippen molar-refractivity contribution in [2.75, 3.05) is 18.4 Å². The van der Waals surface area contributed by atoms with E-state index in [9.17, 15) is 13.2 Å². The van der Waals surface area contributed by atoms with Gasteiger partial charge in [0.1, 0.15) is 15.7 Å². The second-order valence-electron chi connectivity index (χ2n) is 5.57. The number of ether oxygens (including phenoxy) is 2. The zero-order valence-corrected chi connectivity index (χ0v) is 17.1. The summed E-state index contributed by atoms with van der Waals surface area (Å²) in [7, 11) is -2.58. The van der Waals surface area contributed by atoms with Crippen molar-refractivity contribution in [3.05, 3.63) is 52.0 Å². The van der Waals surface area contributed by atoms with Crippen LogP contribution < -0.4 is 9.46 Å². The normalized spacial score (nSPS) is 11.1. The Morgan fingerprint density at radius 2 is 1.74 bits per heavy atom. The third-order valence-electron chi connectivity index (χ3n) is 3.62. The number of esters is 1. The van der Waals surface area contributed by atoms with E-state index >= 15 is 0 Å². The Morgan fingerprint density at radius 1 is 1.07 bits per heavy atom. The molecule has 2 aromatic carbocycles. The van der Waals surface area contributed by atoms with Gasteiger partial charge in [0.2, 0.25) is 0 Å². The average Bonchev–Trinajstić information content (AvgIpc) is 2.64. The van der Waals surface area contributed by atoms with E-state index in [1.807, 2.05) is 6.92 Å². The van der Waals surface area contributed by atoms with Crippen LogP contribution >= 0.6 is 23.2 Å². The Hall–Kier alpha value is -1.96. The number of anilines is 1. The molecule has 0 atom stereocenters. The quantitative estimate of drug-likeness (QED) is 0.481. The highest BCUT2D eigenvalue weighted by molar-refractivity contribution is 7.92. The van der Waals surface area contributed by atoms with Crippen LogP contribution in [-0.4, -0.2) is 28.1 Å². The second kappa shape index (κ2) is 9.30. The Morgan fingerprint density at radius 3 is 2.33 bits per heavy atom. The lowest BCUT2D eigenvalue weighted by molar-refractivity contribution is 0.0500. The minimum atomic E-state index is -3.98. The molecule has 27 heavy (non-hydrogen) atoms. The summed E-state index contributed by atoms with van der Waals surface area (Å²) in [6.07, 6.45) is 1.71. The van der Waals surface area contributed by atoms with Crippen LogP contribution in [0, 0.1) is 0 Å². The van der Waals surface area contributed by atoms with Gasteiger partial charge in [0.05, 0.1) is 24.3 Å². The van der Waals surface area contributed by atoms with E-state index in [1.165, 1.54) is 43.5 Å². The minimum absolute atomic E-state index is 0.00668. The molecule has 0 bridgehead atoms. The number of halogens is 2. The molecule has 0 spiro atoms. The van der Waals surface area contributed by atoms with Crippen LogP contribution in [0.4, 0.5) is 5.69 Å². The maximum atomic E-state index is 12.6. The summed E-state index contributed by atoms with van der Waals surface area (Å²) in [5.74, 6) is -0.186. The maximum Gasteiger partial charge on any atom is 0.338 e. The highest BCUT2D eigenvalue weighted by Gasteiger charge is 2.22. The molecule has 0 fully saturated rings. The van der Waals surface area contributed by atoms with E-state index in [4.69, 9.17) is 32.7 Å². The SMILES string of the molecule is CCCCOC(=O)c1ccc(NS(=O)(=O)c2ccc(OC)c(Cl)c2Cl)cc1. The minimum Gasteiger partial charge on any atom is -0.495 e. The third-order valence-corrected chi connectivity index (χ3v) is 6.03. The molecule has 0 saturated heterocycles. The van der Waals surface area contributed by atoms with Gasteiger partial charge in [-0.1, -0.05) is 36.5 Å². The Kier molecular flexibility index (Phi) is 7.35. The monoisotopic (exact) mass is 431 g/mol. The smallest absolute Gasteiger partial charge is 0.338 e. The lowest BCUT2D eigenvalue weighted by Gasteiger charge is -2.12. The molecule has 1 N–H and O–H groups in total. The van der Waals surface area contributed by atoms with Crippen molar-refractivity contribution in [2.45, 2.75) is 24.7 Å². The van der Waals surface area contributed by atoms with Crippen LogP contribution in [0.1, 0.15) is 30.1 Å². The first-order valence-electron chi connectivity index (χ1n) is 8.12. The standard InChI is InChI=1S/C18H19Cl2NO5S/c1-3-4-11-26-18(22)12-5-7-13(8-6-12)21-27(23,24)15-10-9-14(25-2)16(19)17(15)20/h5-10,21H,3-4,11H2,1-2H3. The molecule has 0 saturated carbocycles. The molecule has 146 valence electrons. The Balaban J connectivity index is 2.17. The molecule has 0 aliphatic carbocycles. The number of benzene rings is 2. The number of methoxy groups -OCH3 is 1. The molecule has 0 amide bonds. The van der Waals surface area contributed by atoms with Gasteiger partial charge in [-0.2, -0.15) is 0 Å². The first-order valence-corrected chi connectivity index (χ1v) is 10.4. The van der Waals surface area contributed by atoms with Crippen molar-refractivity contribution < 1.29 is 22.7 Å². The van der Waals surface area contributed by atoms with Crippen molar-refractivity contribution in [3.8, 4) is 5.75 Å². The molecule has 0 aliphatic heterocycles. The topological polar surface area (TPSA) is 81.7 Å². The fourth-order valence-corrected chi connectivity index (χ4v) is 4.06. The predicted molar refractivity (Wildman–Crippen MR) is 105 cm³/mol. The lowest BCUT2D eigenvalue weighted by atomic mass is 10.2. The second-order valence-corrected chi connectivity index (χ2v) is 7.97. The third kappa shape index (κ3) is 5.28. The molecule has 0 aromatic heterocycles. The van der Waals surface area contributed by atoms with Crippen molar-refractivity contribution in [1.82, 2.24) is 0 Å². The van der Waals surface area contributed by atoms with Crippen LogP contribution in [0.3, 0.4) is 0 Å². The molecule has 9 heteroatoms. The Bertz CT molecular complexity index is 914. The van der Waals surface area contributed by atoms with Gasteiger partial charge >= 0.3 is 5.97 Å². The first kappa shape index (κ1) is 21.3. The molecule has 6 nitrogen and oxygen atoms in total. The van der Waals surface area contributed by atoms with Gasteiger partial charge in [-0.25, -0.2) is 13.2 Å². The highest BCUT2D eigenvalue weighted by atomic mass is 35.5. The van der Waals surface area contributed by atoms with E-state index < -0.39 is 16.0 Å². The molecule has 2 rings (SSSR count). The van der Waals surface area contributed by atoms with E-state index in [-0.39, 0.29) is 26.4 Å². The summed E-state index contributed by atoms with van der Waals surface area (Å²) in [5, 5.41) is -0.133. The van der Waals surface area contributed by atoms with Crippen LogP contribution in [0.2, 0.25) is 10.0 Å². The van der Waals surface area contributed by atoms with Crippen molar-refractivity contribution in [2.24, 2.45) is 0 Å². The first-order chi connectivity index (χ1) is 12.8. The van der Waals surface area contributed by atoms with Gasteiger partial charge in [-0.05, 0) is 42.8 Å². The van der Waals surface area contributed by atoms with Gasteiger partial charge < -0.3 is 9.47 Å². The van der Waals surface area contributed by atoms with Gasteiger partial charge in [0.25, 0.3) is 10.0 Å². The van der Waals surface area contributed by atoms with Crippen LogP contribution in [0.25, 0.3) is 0 Å². The van der Waals surface area contributed by atoms with Crippen LogP contribution in [0.15, 0.2) is 41.3 Å². The van der Waals surface area contributed by atoms with E-state index in [1.54, 1.807) is 0 Å². The number of hydrogen-bond donors (Lipinski definition) is 1. The lowest BCUT2D eigenvalue weighted by Crippen LogP contribution is -2.14. The molecule has 0 unspecified atom stereocenters. The summed E-state index contributed by atoms with van der Waals surface area (Å²) in [4.78, 5) is 11.7. The van der Waals surface area contributed by atoms with E-state index in [0.29, 0.717) is 12.2 Å². The molecule has 0 aliphatic rings. The average molecular weight is 432 g/mol. The molecule has 2 aromatic rings. The van der Waals surface area contributed by atoms with Crippen molar-refractivity contribution >= 4 is 44.9 Å². The number of hydrogen-bond acceptors (Lipinski definition) is 5. The zero-order chi connectivity index (χ0) is 20.0. The fraction of sp³-hybridized carbons (Fsp3) is 0.278. The van der Waals surface area contributed by atoms with Crippen molar-refractivity contribution in [3.63, 3.8) is 0 Å². The number of nitrogens with one attached hydrogen (secondary N) is 1. The number of carbonyl (C=O) groups is 1. The molecule has 0 radical (unpaired) electrons. The zero-order valence-electron chi connectivity index (χ0n) is 14.8. The van der Waals surface area contributed by atoms with E-state index in [2.05, 4.69) is 4.72 Å². The summed E-state index contributed by atoms with van der Waals surface area (Å²) in [6, 6.07) is 8.61. The summed E-state index contributed by atoms with van der Waals surface area (Å²) in [5.41, 5.74) is 0.600. The molecule has 0 heterocycles. The molecular formula is C18H19Cl2NO5S. The number of carbonyl (C=O) groups excluding carboxylic acids is 1. The molecular weight excluding hydrogens is 413 g/mol. The van der Waals surface area contributed by atoms with Crippen LogP contribution in [0.5, 0.6) is 5.75 Å². The van der Waals surface area contributed by atoms with Gasteiger partial charge in [-0.15, -0.1) is 0 Å². The number of unbranched alkanes of at least 4 members (excludes halogenated alkanes) is 1. The van der Waals surface area contributed by atoms with Crippen molar-refractivity contribution in [1.29, 1.82) is 0 Å². The fourth-order valence-electron chi connectivity index (χ4n) is 2.16. The summed E-state index contributed by atoms with van der Waals surface area (Å²) in [6.45, 7) is 2.34. The maximum absolute atomic E-state index is 12.6. The highest BCUT2D eigenvalue weighted by Crippen LogP contribution is 2.37. The number of sulfonamides is 1. The van der Waals surface area contributed by atoms with Gasteiger partial charge in [0, 0.05) is 5.69 Å². The number of rotatable bonds is 8. The summed E-state index contributed by atoms with van der Waals surface area (Å²) >= 11 is 12.1.